The molecule has 2 rings (SSSR count). The highest BCUT2D eigenvalue weighted by atomic mass is 19.2. The average Bonchev–Trinajstić information content (AvgIpc) is 2.54. The molecule has 1 heterocycles. The topological polar surface area (TPSA) is 49.3 Å². The number of benzene rings is 1. The van der Waals surface area contributed by atoms with E-state index in [2.05, 4.69) is 5.32 Å². The second-order valence-electron chi connectivity index (χ2n) is 3.03. The summed E-state index contributed by atoms with van der Waals surface area (Å²) in [5.74, 6) is -2.57. The minimum atomic E-state index is -1.08. The van der Waals surface area contributed by atoms with E-state index < -0.39 is 24.1 Å². The summed E-state index contributed by atoms with van der Waals surface area (Å²) in [5, 5.41) is 11.1. The molecule has 74 valence electrons. The zero-order chi connectivity index (χ0) is 10.3. The third kappa shape index (κ3) is 1.09. The average molecular weight is 199 g/mol. The zero-order valence-corrected chi connectivity index (χ0v) is 7.10. The van der Waals surface area contributed by atoms with Gasteiger partial charge in [0.15, 0.2) is 11.6 Å². The maximum atomic E-state index is 13.2. The van der Waals surface area contributed by atoms with Gasteiger partial charge in [-0.2, -0.15) is 0 Å². The van der Waals surface area contributed by atoms with Gasteiger partial charge in [-0.25, -0.2) is 8.78 Å². The lowest BCUT2D eigenvalue weighted by atomic mass is 10.0. The second-order valence-corrected chi connectivity index (χ2v) is 3.03. The number of fused-ring (bicyclic) bond motifs is 1. The molecular weight excluding hydrogens is 192 g/mol. The maximum Gasteiger partial charge on any atom is 0.252 e. The fraction of sp³-hybridized carbons (Fsp3) is 0.222. The number of carbonyl (C=O) groups is 1. The van der Waals surface area contributed by atoms with Crippen molar-refractivity contribution in [3.8, 4) is 0 Å². The van der Waals surface area contributed by atoms with Crippen LogP contribution in [0.15, 0.2) is 6.07 Å². The molecule has 0 bridgehead atoms. The predicted molar refractivity (Wildman–Crippen MR) is 43.5 cm³/mol. The number of rotatable bonds is 1. The first kappa shape index (κ1) is 9.08. The Balaban J connectivity index is 2.68. The summed E-state index contributed by atoms with van der Waals surface area (Å²) in [5.41, 5.74) is -0.0593. The molecule has 1 aromatic carbocycles. The zero-order valence-electron chi connectivity index (χ0n) is 7.10. The lowest BCUT2D eigenvalue weighted by molar-refractivity contribution is 0.0965. The first-order valence-electron chi connectivity index (χ1n) is 4.04. The molecule has 1 aliphatic rings. The van der Waals surface area contributed by atoms with E-state index in [1.54, 1.807) is 0 Å². The van der Waals surface area contributed by atoms with Crippen LogP contribution in [0.1, 0.15) is 21.5 Å². The lowest BCUT2D eigenvalue weighted by Crippen LogP contribution is -2.12. The highest BCUT2D eigenvalue weighted by Crippen LogP contribution is 2.24. The van der Waals surface area contributed by atoms with Gasteiger partial charge in [0.25, 0.3) is 5.91 Å². The molecule has 5 heteroatoms. The Kier molecular flexibility index (Phi) is 1.96. The van der Waals surface area contributed by atoms with E-state index in [1.807, 2.05) is 0 Å². The van der Waals surface area contributed by atoms with Crippen molar-refractivity contribution in [3.63, 3.8) is 0 Å². The molecule has 0 unspecified atom stereocenters. The van der Waals surface area contributed by atoms with Crippen molar-refractivity contribution >= 4 is 5.91 Å². The molecule has 0 atom stereocenters. The molecular formula is C9H7F2NO2. The van der Waals surface area contributed by atoms with Gasteiger partial charge < -0.3 is 10.4 Å². The summed E-state index contributed by atoms with van der Waals surface area (Å²) < 4.78 is 26.4. The van der Waals surface area contributed by atoms with E-state index in [9.17, 15) is 13.6 Å². The van der Waals surface area contributed by atoms with Gasteiger partial charge in [-0.3, -0.25) is 4.79 Å². The number of nitrogens with one attached hydrogen (secondary N) is 1. The van der Waals surface area contributed by atoms with Gasteiger partial charge in [0.1, 0.15) is 0 Å². The van der Waals surface area contributed by atoms with Crippen molar-refractivity contribution < 1.29 is 18.7 Å². The van der Waals surface area contributed by atoms with Crippen LogP contribution in [-0.4, -0.2) is 11.0 Å². The Bertz CT molecular complexity index is 418. The third-order valence-electron chi connectivity index (χ3n) is 2.22. The summed E-state index contributed by atoms with van der Waals surface area (Å²) in [4.78, 5) is 11.1. The molecule has 1 aromatic rings. The molecule has 14 heavy (non-hydrogen) atoms. The molecule has 0 aromatic heterocycles. The normalized spacial score (nSPS) is 14.1. The minimum Gasteiger partial charge on any atom is -0.392 e. The van der Waals surface area contributed by atoms with Gasteiger partial charge in [-0.15, -0.1) is 0 Å². The number of carbonyl (C=O) groups excluding carboxylic acids is 1. The quantitative estimate of drug-likeness (QED) is 0.699. The van der Waals surface area contributed by atoms with E-state index in [0.29, 0.717) is 0 Å². The van der Waals surface area contributed by atoms with Gasteiger partial charge >= 0.3 is 0 Å². The van der Waals surface area contributed by atoms with Crippen LogP contribution >= 0.6 is 0 Å². The Morgan fingerprint density at radius 3 is 2.79 bits per heavy atom. The Morgan fingerprint density at radius 1 is 1.43 bits per heavy atom. The number of halogens is 2. The number of hydrogen-bond acceptors (Lipinski definition) is 2. The van der Waals surface area contributed by atoms with Crippen LogP contribution < -0.4 is 5.32 Å². The molecule has 0 radical (unpaired) electrons. The molecule has 0 saturated heterocycles. The fourth-order valence-electron chi connectivity index (χ4n) is 1.47. The molecule has 1 amide bonds. The third-order valence-corrected chi connectivity index (χ3v) is 2.22. The lowest BCUT2D eigenvalue weighted by Gasteiger charge is -2.04. The van der Waals surface area contributed by atoms with Crippen molar-refractivity contribution in [2.75, 3.05) is 0 Å². The van der Waals surface area contributed by atoms with Crippen LogP contribution in [-0.2, 0) is 13.2 Å². The van der Waals surface area contributed by atoms with E-state index >= 15 is 0 Å². The van der Waals surface area contributed by atoms with E-state index in [1.165, 1.54) is 6.07 Å². The van der Waals surface area contributed by atoms with Gasteiger partial charge in [0.2, 0.25) is 0 Å². The van der Waals surface area contributed by atoms with Crippen LogP contribution in [0.2, 0.25) is 0 Å². The molecule has 0 aliphatic carbocycles. The van der Waals surface area contributed by atoms with Gasteiger partial charge in [-0.05, 0) is 6.07 Å². The SMILES string of the molecule is O=C1NCc2c1cc(CO)c(F)c2F. The van der Waals surface area contributed by atoms with Crippen LogP contribution in [0.3, 0.4) is 0 Å². The molecule has 0 spiro atoms. The van der Waals surface area contributed by atoms with E-state index in [0.717, 1.165) is 0 Å². The van der Waals surface area contributed by atoms with E-state index in [4.69, 9.17) is 5.11 Å². The van der Waals surface area contributed by atoms with Crippen LogP contribution in [0.5, 0.6) is 0 Å². The van der Waals surface area contributed by atoms with Crippen LogP contribution in [0.4, 0.5) is 8.78 Å². The first-order valence-corrected chi connectivity index (χ1v) is 4.04. The first-order chi connectivity index (χ1) is 6.65. The van der Waals surface area contributed by atoms with Crippen LogP contribution in [0.25, 0.3) is 0 Å². The fourth-order valence-corrected chi connectivity index (χ4v) is 1.47. The highest BCUT2D eigenvalue weighted by Gasteiger charge is 2.26. The summed E-state index contributed by atoms with van der Waals surface area (Å²) in [6.45, 7) is -0.619. The van der Waals surface area contributed by atoms with Crippen molar-refractivity contribution in [3.05, 3.63) is 34.4 Å². The number of aliphatic hydroxyl groups excluding tert-OH is 1. The second kappa shape index (κ2) is 3.02. The largest absolute Gasteiger partial charge is 0.392 e. The Labute approximate surface area is 78.4 Å². The van der Waals surface area contributed by atoms with Crippen molar-refractivity contribution in [1.29, 1.82) is 0 Å². The number of aliphatic hydroxyl groups is 1. The highest BCUT2D eigenvalue weighted by molar-refractivity contribution is 5.98. The van der Waals surface area contributed by atoms with E-state index in [-0.39, 0.29) is 23.2 Å². The number of amides is 1. The monoisotopic (exact) mass is 199 g/mol. The van der Waals surface area contributed by atoms with Crippen molar-refractivity contribution in [2.45, 2.75) is 13.2 Å². The molecule has 1 aliphatic heterocycles. The van der Waals surface area contributed by atoms with Crippen LogP contribution in [0, 0.1) is 11.6 Å². The predicted octanol–water partition coefficient (Wildman–Crippen LogP) is 0.701. The van der Waals surface area contributed by atoms with Gasteiger partial charge in [-0.1, -0.05) is 0 Å². The van der Waals surface area contributed by atoms with Crippen molar-refractivity contribution in [2.24, 2.45) is 0 Å². The standard InChI is InChI=1S/C9H7F2NO2/c10-7-4(3-13)1-5-6(8(7)11)2-12-9(5)14/h1,13H,2-3H2,(H,12,14). The number of hydrogen-bond donors (Lipinski definition) is 2. The minimum absolute atomic E-state index is 0.00261. The Morgan fingerprint density at radius 2 is 2.14 bits per heavy atom. The Hall–Kier alpha value is -1.49. The van der Waals surface area contributed by atoms with Gasteiger partial charge in [0, 0.05) is 23.2 Å². The summed E-state index contributed by atoms with van der Waals surface area (Å²) in [6, 6.07) is 1.18. The maximum absolute atomic E-state index is 13.2. The molecule has 2 N–H and O–H groups in total. The van der Waals surface area contributed by atoms with Crippen molar-refractivity contribution in [1.82, 2.24) is 5.32 Å². The summed E-state index contributed by atoms with van der Waals surface area (Å²) in [7, 11) is 0. The summed E-state index contributed by atoms with van der Waals surface area (Å²) in [6.07, 6.45) is 0. The molecule has 0 saturated carbocycles. The molecule has 0 fully saturated rings. The van der Waals surface area contributed by atoms with Gasteiger partial charge in [0.05, 0.1) is 6.61 Å². The smallest absolute Gasteiger partial charge is 0.252 e. The summed E-state index contributed by atoms with van der Waals surface area (Å²) >= 11 is 0. The molecule has 3 nitrogen and oxygen atoms in total.